The first-order valence-electron chi connectivity index (χ1n) is 4.68. The molecule has 2 atom stereocenters. The molecule has 0 aliphatic heterocycles. The molecule has 2 aliphatic rings. The molecule has 2 rings (SSSR count). The Morgan fingerprint density at radius 2 is 1.82 bits per heavy atom. The molecule has 2 aliphatic carbocycles. The molecule has 0 aromatic carbocycles. The first-order valence-corrected chi connectivity index (χ1v) is 5.60. The van der Waals surface area contributed by atoms with Crippen LogP contribution in [0.3, 0.4) is 0 Å². The molecule has 0 nitrogen and oxygen atoms in total. The highest BCUT2D eigenvalue weighted by Gasteiger charge is 2.49. The lowest BCUT2D eigenvalue weighted by atomic mass is 9.94. The highest BCUT2D eigenvalue weighted by atomic mass is 79.9. The van der Waals surface area contributed by atoms with Crippen molar-refractivity contribution in [1.82, 2.24) is 0 Å². The van der Waals surface area contributed by atoms with Crippen LogP contribution in [0.1, 0.15) is 46.0 Å². The third kappa shape index (κ3) is 1.63. The monoisotopic (exact) mass is 216 g/mol. The summed E-state index contributed by atoms with van der Waals surface area (Å²) in [4.78, 5) is 0.831. The maximum Gasteiger partial charge on any atom is 0.0205 e. The average molecular weight is 217 g/mol. The van der Waals surface area contributed by atoms with Crippen molar-refractivity contribution in [2.75, 3.05) is 0 Å². The Labute approximate surface area is 77.9 Å². The molecule has 0 aromatic rings. The van der Waals surface area contributed by atoms with Crippen molar-refractivity contribution >= 4 is 15.9 Å². The number of halogens is 1. The van der Waals surface area contributed by atoms with Crippen LogP contribution in [0.2, 0.25) is 0 Å². The largest absolute Gasteiger partial charge is 0.0885 e. The molecular formula is C10H17Br. The van der Waals surface area contributed by atoms with E-state index in [1.54, 1.807) is 0 Å². The van der Waals surface area contributed by atoms with Gasteiger partial charge in [-0.15, -0.1) is 0 Å². The molecule has 0 amide bonds. The van der Waals surface area contributed by atoms with Gasteiger partial charge in [0, 0.05) is 4.83 Å². The fourth-order valence-electron chi connectivity index (χ4n) is 1.66. The SMILES string of the molecule is CC1(CCC2(C)CC2Br)CC1. The molecule has 11 heavy (non-hydrogen) atoms. The van der Waals surface area contributed by atoms with Gasteiger partial charge in [0.25, 0.3) is 0 Å². The van der Waals surface area contributed by atoms with Crippen LogP contribution in [-0.2, 0) is 0 Å². The van der Waals surface area contributed by atoms with Crippen molar-refractivity contribution < 1.29 is 0 Å². The van der Waals surface area contributed by atoms with Gasteiger partial charge in [0.15, 0.2) is 0 Å². The third-order valence-corrected chi connectivity index (χ3v) is 5.07. The van der Waals surface area contributed by atoms with Crippen molar-refractivity contribution in [3.63, 3.8) is 0 Å². The molecule has 0 aromatic heterocycles. The maximum absolute atomic E-state index is 3.69. The van der Waals surface area contributed by atoms with Gasteiger partial charge < -0.3 is 0 Å². The number of hydrogen-bond donors (Lipinski definition) is 0. The van der Waals surface area contributed by atoms with Gasteiger partial charge in [-0.05, 0) is 42.9 Å². The van der Waals surface area contributed by atoms with E-state index in [9.17, 15) is 0 Å². The van der Waals surface area contributed by atoms with E-state index < -0.39 is 0 Å². The molecule has 1 heteroatoms. The summed E-state index contributed by atoms with van der Waals surface area (Å²) in [6.45, 7) is 4.85. The molecule has 0 radical (unpaired) electrons. The van der Waals surface area contributed by atoms with Crippen molar-refractivity contribution in [2.24, 2.45) is 10.8 Å². The topological polar surface area (TPSA) is 0 Å². The molecule has 0 spiro atoms. The lowest BCUT2D eigenvalue weighted by Gasteiger charge is -2.12. The summed E-state index contributed by atoms with van der Waals surface area (Å²) >= 11 is 3.69. The zero-order chi connectivity index (χ0) is 8.11. The van der Waals surface area contributed by atoms with E-state index in [1.165, 1.54) is 32.1 Å². The van der Waals surface area contributed by atoms with Crippen LogP contribution in [0.4, 0.5) is 0 Å². The first-order chi connectivity index (χ1) is 5.04. The first kappa shape index (κ1) is 8.10. The van der Waals surface area contributed by atoms with Crippen molar-refractivity contribution in [3.05, 3.63) is 0 Å². The second-order valence-corrected chi connectivity index (χ2v) is 6.24. The molecule has 0 saturated heterocycles. The van der Waals surface area contributed by atoms with Gasteiger partial charge in [-0.3, -0.25) is 0 Å². The van der Waals surface area contributed by atoms with Crippen molar-refractivity contribution in [2.45, 2.75) is 50.8 Å². The van der Waals surface area contributed by atoms with Crippen molar-refractivity contribution in [3.8, 4) is 0 Å². The smallest absolute Gasteiger partial charge is 0.0205 e. The summed E-state index contributed by atoms with van der Waals surface area (Å²) in [6, 6.07) is 0. The predicted molar refractivity (Wildman–Crippen MR) is 52.0 cm³/mol. The van der Waals surface area contributed by atoms with Crippen LogP contribution in [0.15, 0.2) is 0 Å². The van der Waals surface area contributed by atoms with Crippen LogP contribution in [0.25, 0.3) is 0 Å². The minimum Gasteiger partial charge on any atom is -0.0885 e. The van der Waals surface area contributed by atoms with E-state index in [2.05, 4.69) is 29.8 Å². The van der Waals surface area contributed by atoms with Gasteiger partial charge in [-0.2, -0.15) is 0 Å². The molecule has 2 fully saturated rings. The van der Waals surface area contributed by atoms with E-state index in [0.717, 1.165) is 10.2 Å². The zero-order valence-corrected chi connectivity index (χ0v) is 9.08. The number of rotatable bonds is 3. The molecule has 2 saturated carbocycles. The number of alkyl halides is 1. The average Bonchev–Trinajstić information content (AvgIpc) is 2.76. The van der Waals surface area contributed by atoms with Crippen LogP contribution >= 0.6 is 15.9 Å². The molecule has 0 bridgehead atoms. The van der Waals surface area contributed by atoms with Crippen LogP contribution < -0.4 is 0 Å². The third-order valence-electron chi connectivity index (χ3n) is 3.64. The molecule has 2 unspecified atom stereocenters. The lowest BCUT2D eigenvalue weighted by molar-refractivity contribution is 0.406. The quantitative estimate of drug-likeness (QED) is 0.631. The van der Waals surface area contributed by atoms with Gasteiger partial charge in [0.2, 0.25) is 0 Å². The van der Waals surface area contributed by atoms with E-state index in [4.69, 9.17) is 0 Å². The molecular weight excluding hydrogens is 200 g/mol. The molecule has 64 valence electrons. The standard InChI is InChI=1S/C10H17Br/c1-9(3-4-9)5-6-10(2)7-8(10)11/h8H,3-7H2,1-2H3. The Hall–Kier alpha value is 0.480. The Morgan fingerprint density at radius 1 is 1.27 bits per heavy atom. The van der Waals surface area contributed by atoms with Crippen LogP contribution in [0, 0.1) is 10.8 Å². The second kappa shape index (κ2) is 2.25. The Bertz CT molecular complexity index is 172. The Morgan fingerprint density at radius 3 is 2.18 bits per heavy atom. The Kier molecular flexibility index (Phi) is 1.65. The normalized spacial score (nSPS) is 45.5. The van der Waals surface area contributed by atoms with Gasteiger partial charge >= 0.3 is 0 Å². The minimum absolute atomic E-state index is 0.672. The molecule has 0 heterocycles. The maximum atomic E-state index is 3.69. The Balaban J connectivity index is 1.75. The fraction of sp³-hybridized carbons (Fsp3) is 1.00. The second-order valence-electron chi connectivity index (χ2n) is 5.14. The van der Waals surface area contributed by atoms with Gasteiger partial charge in [0.05, 0.1) is 0 Å². The summed E-state index contributed by atoms with van der Waals surface area (Å²) in [6.07, 6.45) is 7.28. The predicted octanol–water partition coefficient (Wildman–Crippen LogP) is 3.74. The van der Waals surface area contributed by atoms with Gasteiger partial charge in [-0.1, -0.05) is 29.8 Å². The summed E-state index contributed by atoms with van der Waals surface area (Å²) in [5, 5.41) is 0. The summed E-state index contributed by atoms with van der Waals surface area (Å²) in [5.41, 5.74) is 1.43. The van der Waals surface area contributed by atoms with E-state index in [1.807, 2.05) is 0 Å². The lowest BCUT2D eigenvalue weighted by Crippen LogP contribution is -2.02. The summed E-state index contributed by atoms with van der Waals surface area (Å²) in [5.74, 6) is 0. The summed E-state index contributed by atoms with van der Waals surface area (Å²) < 4.78 is 0. The highest BCUT2D eigenvalue weighted by molar-refractivity contribution is 9.09. The summed E-state index contributed by atoms with van der Waals surface area (Å²) in [7, 11) is 0. The molecule has 0 N–H and O–H groups in total. The zero-order valence-electron chi connectivity index (χ0n) is 7.49. The fourth-order valence-corrected chi connectivity index (χ4v) is 2.63. The number of hydrogen-bond acceptors (Lipinski definition) is 0. The van der Waals surface area contributed by atoms with Gasteiger partial charge in [0.1, 0.15) is 0 Å². The van der Waals surface area contributed by atoms with E-state index >= 15 is 0 Å². The van der Waals surface area contributed by atoms with Gasteiger partial charge in [-0.25, -0.2) is 0 Å². The van der Waals surface area contributed by atoms with E-state index in [-0.39, 0.29) is 0 Å². The van der Waals surface area contributed by atoms with E-state index in [0.29, 0.717) is 5.41 Å². The van der Waals surface area contributed by atoms with Crippen molar-refractivity contribution in [1.29, 1.82) is 0 Å². The van der Waals surface area contributed by atoms with Crippen LogP contribution in [-0.4, -0.2) is 4.83 Å². The minimum atomic E-state index is 0.672. The highest BCUT2D eigenvalue weighted by Crippen LogP contribution is 2.58. The van der Waals surface area contributed by atoms with Crippen LogP contribution in [0.5, 0.6) is 0 Å².